The molecule has 1 aliphatic rings. The van der Waals surface area contributed by atoms with E-state index in [9.17, 15) is 14.7 Å². The highest BCUT2D eigenvalue weighted by atomic mass is 16.4. The zero-order valence-corrected chi connectivity index (χ0v) is 12.5. The summed E-state index contributed by atoms with van der Waals surface area (Å²) < 4.78 is 1.71. The first kappa shape index (κ1) is 15.3. The second kappa shape index (κ2) is 6.11. The maximum absolute atomic E-state index is 12.4. The third-order valence-electron chi connectivity index (χ3n) is 3.96. The number of aromatic nitrogens is 2. The minimum Gasteiger partial charge on any atom is -0.481 e. The normalized spacial score (nSPS) is 22.8. The minimum absolute atomic E-state index is 0.188. The quantitative estimate of drug-likeness (QED) is 0.825. The summed E-state index contributed by atoms with van der Waals surface area (Å²) in [5, 5.41) is 16.4. The van der Waals surface area contributed by atoms with Crippen LogP contribution in [0.5, 0.6) is 0 Å². The number of aryl methyl sites for hydroxylation is 2. The van der Waals surface area contributed by atoms with Crippen molar-refractivity contribution in [3.63, 3.8) is 0 Å². The first-order valence-corrected chi connectivity index (χ1v) is 7.08. The lowest BCUT2D eigenvalue weighted by molar-refractivity contribution is -0.147. The summed E-state index contributed by atoms with van der Waals surface area (Å²) in [6.45, 7) is 3.78. The van der Waals surface area contributed by atoms with E-state index in [1.807, 2.05) is 39.2 Å². The summed E-state index contributed by atoms with van der Waals surface area (Å²) in [6.07, 6.45) is 6.46. The van der Waals surface area contributed by atoms with E-state index in [1.54, 1.807) is 4.68 Å². The topological polar surface area (TPSA) is 84.2 Å². The van der Waals surface area contributed by atoms with Gasteiger partial charge in [0.25, 0.3) is 0 Å². The fourth-order valence-corrected chi connectivity index (χ4v) is 2.82. The molecular weight excluding hydrogens is 270 g/mol. The predicted octanol–water partition coefficient (Wildman–Crippen LogP) is 1.57. The Morgan fingerprint density at radius 1 is 1.38 bits per heavy atom. The van der Waals surface area contributed by atoms with E-state index in [2.05, 4.69) is 10.4 Å². The zero-order valence-electron chi connectivity index (χ0n) is 12.5. The zero-order chi connectivity index (χ0) is 15.6. The molecule has 0 saturated heterocycles. The van der Waals surface area contributed by atoms with Gasteiger partial charge in [-0.3, -0.25) is 14.3 Å². The smallest absolute Gasteiger partial charge is 0.307 e. The molecule has 6 heteroatoms. The highest BCUT2D eigenvalue weighted by Crippen LogP contribution is 2.27. The van der Waals surface area contributed by atoms with Crippen LogP contribution in [0, 0.1) is 18.8 Å². The molecule has 0 aromatic carbocycles. The van der Waals surface area contributed by atoms with Crippen LogP contribution in [0.25, 0.3) is 0 Å². The number of aliphatic carboxylic acids is 1. The van der Waals surface area contributed by atoms with Crippen molar-refractivity contribution in [1.82, 2.24) is 15.1 Å². The fraction of sp³-hybridized carbons (Fsp3) is 0.533. The highest BCUT2D eigenvalue weighted by molar-refractivity contribution is 5.85. The van der Waals surface area contributed by atoms with Gasteiger partial charge in [0.05, 0.1) is 23.6 Å². The maximum Gasteiger partial charge on any atom is 0.307 e. The fourth-order valence-electron chi connectivity index (χ4n) is 2.82. The van der Waals surface area contributed by atoms with Crippen LogP contribution in [0.4, 0.5) is 0 Å². The molecule has 1 aliphatic carbocycles. The van der Waals surface area contributed by atoms with Crippen LogP contribution >= 0.6 is 0 Å². The number of amides is 1. The number of rotatable bonds is 4. The number of carbonyl (C=O) groups excluding carboxylic acids is 1. The largest absolute Gasteiger partial charge is 0.481 e. The van der Waals surface area contributed by atoms with E-state index in [0.29, 0.717) is 12.8 Å². The van der Waals surface area contributed by atoms with Gasteiger partial charge in [-0.15, -0.1) is 0 Å². The molecule has 0 spiro atoms. The molecule has 1 amide bonds. The van der Waals surface area contributed by atoms with Gasteiger partial charge in [0.1, 0.15) is 0 Å². The van der Waals surface area contributed by atoms with Crippen LogP contribution in [0.1, 0.15) is 37.1 Å². The molecule has 1 heterocycles. The number of carbonyl (C=O) groups is 2. The molecule has 2 rings (SSSR count). The van der Waals surface area contributed by atoms with Gasteiger partial charge in [-0.25, -0.2) is 0 Å². The molecular formula is C15H21N3O3. The van der Waals surface area contributed by atoms with Gasteiger partial charge < -0.3 is 10.4 Å². The Bertz CT molecular complexity index is 577. The van der Waals surface area contributed by atoms with Gasteiger partial charge in [-0.05, 0) is 26.7 Å². The molecule has 0 aliphatic heterocycles. The molecule has 0 unspecified atom stereocenters. The van der Waals surface area contributed by atoms with Crippen LogP contribution in [-0.4, -0.2) is 26.8 Å². The Kier molecular flexibility index (Phi) is 4.45. The number of allylic oxidation sites excluding steroid dienone is 2. The van der Waals surface area contributed by atoms with Crippen LogP contribution < -0.4 is 5.32 Å². The van der Waals surface area contributed by atoms with Crippen LogP contribution in [-0.2, 0) is 16.6 Å². The minimum atomic E-state index is -0.912. The van der Waals surface area contributed by atoms with Crippen molar-refractivity contribution in [3.05, 3.63) is 29.6 Å². The number of hydrogen-bond donors (Lipinski definition) is 2. The Morgan fingerprint density at radius 2 is 2.00 bits per heavy atom. The third kappa shape index (κ3) is 3.32. The van der Waals surface area contributed by atoms with Crippen molar-refractivity contribution in [1.29, 1.82) is 0 Å². The Balaban J connectivity index is 2.08. The van der Waals surface area contributed by atoms with Crippen LogP contribution in [0.3, 0.4) is 0 Å². The lowest BCUT2D eigenvalue weighted by Gasteiger charge is -2.26. The van der Waals surface area contributed by atoms with Crippen molar-refractivity contribution in [2.45, 2.75) is 32.7 Å². The second-order valence-corrected chi connectivity index (χ2v) is 5.57. The number of carboxylic acids is 1. The summed E-state index contributed by atoms with van der Waals surface area (Å²) in [6, 6.07) is -0.188. The standard InChI is InChI=1S/C15H21N3O3/c1-9(13-8-18(3)17-10(13)2)16-14(19)11-6-4-5-7-12(11)15(20)21/h4-5,8-9,11-12H,6-7H2,1-3H3,(H,16,19)(H,20,21)/t9-,11+,12+/m1/s1. The summed E-state index contributed by atoms with van der Waals surface area (Å²) in [7, 11) is 1.83. The Morgan fingerprint density at radius 3 is 2.52 bits per heavy atom. The SMILES string of the molecule is Cc1nn(C)cc1[C@@H](C)NC(=O)[C@H]1CC=CC[C@@H]1C(=O)O. The molecule has 1 aromatic rings. The summed E-state index contributed by atoms with van der Waals surface area (Å²) in [4.78, 5) is 23.6. The molecule has 0 radical (unpaired) electrons. The lowest BCUT2D eigenvalue weighted by atomic mass is 9.82. The number of carboxylic acid groups (broad SMARTS) is 1. The molecule has 6 nitrogen and oxygen atoms in total. The van der Waals surface area contributed by atoms with Gasteiger partial charge in [0, 0.05) is 18.8 Å². The van der Waals surface area contributed by atoms with Crippen LogP contribution in [0.2, 0.25) is 0 Å². The number of nitrogens with one attached hydrogen (secondary N) is 1. The van der Waals surface area contributed by atoms with Gasteiger partial charge in [-0.2, -0.15) is 5.10 Å². The monoisotopic (exact) mass is 291 g/mol. The first-order valence-electron chi connectivity index (χ1n) is 7.08. The lowest BCUT2D eigenvalue weighted by Crippen LogP contribution is -2.39. The molecule has 1 aromatic heterocycles. The van der Waals surface area contributed by atoms with E-state index in [-0.39, 0.29) is 11.9 Å². The average Bonchev–Trinajstić information content (AvgIpc) is 2.77. The molecule has 0 fully saturated rings. The van der Waals surface area contributed by atoms with Crippen molar-refractivity contribution in [3.8, 4) is 0 Å². The Hall–Kier alpha value is -2.11. The molecule has 114 valence electrons. The van der Waals surface area contributed by atoms with Crippen molar-refractivity contribution in [2.75, 3.05) is 0 Å². The van der Waals surface area contributed by atoms with Gasteiger partial charge >= 0.3 is 5.97 Å². The highest BCUT2D eigenvalue weighted by Gasteiger charge is 2.34. The maximum atomic E-state index is 12.4. The summed E-state index contributed by atoms with van der Waals surface area (Å²) in [5.41, 5.74) is 1.81. The first-order chi connectivity index (χ1) is 9.90. The predicted molar refractivity (Wildman–Crippen MR) is 77.5 cm³/mol. The molecule has 0 saturated carbocycles. The van der Waals surface area contributed by atoms with Crippen LogP contribution in [0.15, 0.2) is 18.3 Å². The van der Waals surface area contributed by atoms with Crippen molar-refractivity contribution < 1.29 is 14.7 Å². The number of nitrogens with zero attached hydrogens (tertiary/aromatic N) is 2. The van der Waals surface area contributed by atoms with Gasteiger partial charge in [-0.1, -0.05) is 12.2 Å². The summed E-state index contributed by atoms with van der Waals surface area (Å²) >= 11 is 0. The van der Waals surface area contributed by atoms with Gasteiger partial charge in [0.2, 0.25) is 5.91 Å². The summed E-state index contributed by atoms with van der Waals surface area (Å²) in [5.74, 6) is -2.27. The van der Waals surface area contributed by atoms with Gasteiger partial charge in [0.15, 0.2) is 0 Å². The number of hydrogen-bond acceptors (Lipinski definition) is 3. The van der Waals surface area contributed by atoms with E-state index in [1.165, 1.54) is 0 Å². The van der Waals surface area contributed by atoms with E-state index >= 15 is 0 Å². The second-order valence-electron chi connectivity index (χ2n) is 5.57. The molecule has 3 atom stereocenters. The Labute approximate surface area is 123 Å². The average molecular weight is 291 g/mol. The third-order valence-corrected chi connectivity index (χ3v) is 3.96. The molecule has 21 heavy (non-hydrogen) atoms. The van der Waals surface area contributed by atoms with E-state index < -0.39 is 17.8 Å². The van der Waals surface area contributed by atoms with E-state index in [0.717, 1.165) is 11.3 Å². The van der Waals surface area contributed by atoms with E-state index in [4.69, 9.17) is 0 Å². The molecule has 0 bridgehead atoms. The molecule has 2 N–H and O–H groups in total. The van der Waals surface area contributed by atoms with Crippen molar-refractivity contribution in [2.24, 2.45) is 18.9 Å². The van der Waals surface area contributed by atoms with Crippen molar-refractivity contribution >= 4 is 11.9 Å².